The van der Waals surface area contributed by atoms with E-state index < -0.39 is 10.0 Å². The van der Waals surface area contributed by atoms with Gasteiger partial charge in [-0.3, -0.25) is 0 Å². The fourth-order valence-corrected chi connectivity index (χ4v) is 3.29. The van der Waals surface area contributed by atoms with Crippen molar-refractivity contribution in [3.05, 3.63) is 0 Å². The molecule has 0 unspecified atom stereocenters. The highest BCUT2D eigenvalue weighted by atomic mass is 127. The van der Waals surface area contributed by atoms with Crippen molar-refractivity contribution in [1.29, 1.82) is 0 Å². The predicted octanol–water partition coefficient (Wildman–Crippen LogP) is 2.56. The van der Waals surface area contributed by atoms with Gasteiger partial charge in [-0.25, -0.2) is 13.1 Å². The maximum absolute atomic E-state index is 11.4. The summed E-state index contributed by atoms with van der Waals surface area (Å²) in [5.74, 6) is 0.433. The highest BCUT2D eigenvalue weighted by Crippen LogP contribution is 2.02. The summed E-state index contributed by atoms with van der Waals surface area (Å²) >= 11 is 2.36. The van der Waals surface area contributed by atoms with Gasteiger partial charge < -0.3 is 0 Å². The summed E-state index contributed by atoms with van der Waals surface area (Å²) in [6.07, 6.45) is 4.51. The lowest BCUT2D eigenvalue weighted by Gasteiger charge is -2.08. The van der Waals surface area contributed by atoms with E-state index in [1.54, 1.807) is 0 Å². The van der Waals surface area contributed by atoms with E-state index in [9.17, 15) is 8.42 Å². The smallest absolute Gasteiger partial charge is 0.211 e. The average molecular weight is 347 g/mol. The number of alkyl halides is 1. The fourth-order valence-electron chi connectivity index (χ4n) is 1.30. The van der Waals surface area contributed by atoms with Crippen LogP contribution in [0.5, 0.6) is 0 Å². The molecule has 0 spiro atoms. The second-order valence-electron chi connectivity index (χ2n) is 4.17. The van der Waals surface area contributed by atoms with Gasteiger partial charge >= 0.3 is 0 Å². The molecular weight excluding hydrogens is 325 g/mol. The summed E-state index contributed by atoms with van der Waals surface area (Å²) in [5.41, 5.74) is 0. The molecule has 0 aliphatic heterocycles. The zero-order valence-electron chi connectivity index (χ0n) is 9.63. The number of sulfonamides is 1. The number of nitrogens with one attached hydrogen (secondary N) is 1. The van der Waals surface area contributed by atoms with Crippen LogP contribution in [0, 0.1) is 5.92 Å². The van der Waals surface area contributed by atoms with Crippen LogP contribution in [-0.2, 0) is 10.0 Å². The second-order valence-corrected chi connectivity index (χ2v) is 7.10. The maximum atomic E-state index is 11.4. The van der Waals surface area contributed by atoms with Crippen molar-refractivity contribution in [3.8, 4) is 0 Å². The zero-order chi connectivity index (χ0) is 11.7. The van der Waals surface area contributed by atoms with Crippen LogP contribution in [0.3, 0.4) is 0 Å². The standard InChI is InChI=1S/C10H22INO2S/c1-10(2)9-15(13,14)12-8-6-4-3-5-7-11/h10,12H,3-9H2,1-2H3. The summed E-state index contributed by atoms with van der Waals surface area (Å²) < 4.78 is 26.7. The van der Waals surface area contributed by atoms with Crippen LogP contribution in [0.25, 0.3) is 0 Å². The Labute approximate surface area is 108 Å². The van der Waals surface area contributed by atoms with Crippen LogP contribution in [0.4, 0.5) is 0 Å². The third-order valence-corrected chi connectivity index (χ3v) is 4.45. The van der Waals surface area contributed by atoms with Crippen LogP contribution < -0.4 is 4.72 Å². The summed E-state index contributed by atoms with van der Waals surface area (Å²) in [6, 6.07) is 0. The molecule has 0 bridgehead atoms. The van der Waals surface area contributed by atoms with Crippen molar-refractivity contribution in [2.75, 3.05) is 16.7 Å². The van der Waals surface area contributed by atoms with Gasteiger partial charge in [0.05, 0.1) is 5.75 Å². The van der Waals surface area contributed by atoms with Gasteiger partial charge in [0.25, 0.3) is 0 Å². The van der Waals surface area contributed by atoms with E-state index in [1.165, 1.54) is 17.3 Å². The van der Waals surface area contributed by atoms with E-state index in [-0.39, 0.29) is 11.7 Å². The van der Waals surface area contributed by atoms with E-state index >= 15 is 0 Å². The van der Waals surface area contributed by atoms with Crippen molar-refractivity contribution in [2.45, 2.75) is 39.5 Å². The fraction of sp³-hybridized carbons (Fsp3) is 1.00. The van der Waals surface area contributed by atoms with Gasteiger partial charge in [-0.2, -0.15) is 0 Å². The molecule has 0 aromatic carbocycles. The van der Waals surface area contributed by atoms with E-state index in [0.717, 1.165) is 12.8 Å². The summed E-state index contributed by atoms with van der Waals surface area (Å²) in [4.78, 5) is 0. The van der Waals surface area contributed by atoms with E-state index in [4.69, 9.17) is 0 Å². The number of rotatable bonds is 9. The summed E-state index contributed by atoms with van der Waals surface area (Å²) in [7, 11) is -3.03. The molecule has 0 aliphatic carbocycles. The third kappa shape index (κ3) is 10.9. The second kappa shape index (κ2) is 8.75. The Morgan fingerprint density at radius 3 is 2.27 bits per heavy atom. The molecule has 0 radical (unpaired) electrons. The van der Waals surface area contributed by atoms with E-state index in [2.05, 4.69) is 27.3 Å². The molecule has 15 heavy (non-hydrogen) atoms. The number of hydrogen-bond donors (Lipinski definition) is 1. The molecular formula is C10H22INO2S. The Bertz CT molecular complexity index is 240. The Balaban J connectivity index is 3.50. The Kier molecular flexibility index (Phi) is 9.13. The van der Waals surface area contributed by atoms with Crippen LogP contribution in [0.1, 0.15) is 39.5 Å². The highest BCUT2D eigenvalue weighted by Gasteiger charge is 2.11. The molecule has 0 aliphatic rings. The lowest BCUT2D eigenvalue weighted by molar-refractivity contribution is 0.562. The summed E-state index contributed by atoms with van der Waals surface area (Å²) in [6.45, 7) is 4.43. The van der Waals surface area contributed by atoms with E-state index in [1.807, 2.05) is 13.8 Å². The molecule has 0 aromatic rings. The van der Waals surface area contributed by atoms with Crippen molar-refractivity contribution in [2.24, 2.45) is 5.92 Å². The predicted molar refractivity (Wildman–Crippen MR) is 74.0 cm³/mol. The monoisotopic (exact) mass is 347 g/mol. The molecule has 0 rings (SSSR count). The van der Waals surface area contributed by atoms with Gasteiger partial charge in [0.15, 0.2) is 0 Å². The Morgan fingerprint density at radius 1 is 1.13 bits per heavy atom. The molecule has 0 saturated carbocycles. The van der Waals surface area contributed by atoms with Gasteiger partial charge in [-0.05, 0) is 23.2 Å². The van der Waals surface area contributed by atoms with Gasteiger partial charge in [0, 0.05) is 6.54 Å². The molecule has 3 nitrogen and oxygen atoms in total. The van der Waals surface area contributed by atoms with Gasteiger partial charge in [0.1, 0.15) is 0 Å². The van der Waals surface area contributed by atoms with Crippen LogP contribution >= 0.6 is 22.6 Å². The average Bonchev–Trinajstić information content (AvgIpc) is 2.08. The molecule has 0 fully saturated rings. The molecule has 5 heteroatoms. The molecule has 92 valence electrons. The van der Waals surface area contributed by atoms with Crippen molar-refractivity contribution < 1.29 is 8.42 Å². The van der Waals surface area contributed by atoms with Gasteiger partial charge in [-0.15, -0.1) is 0 Å². The highest BCUT2D eigenvalue weighted by molar-refractivity contribution is 14.1. The molecule has 0 atom stereocenters. The van der Waals surface area contributed by atoms with Crippen LogP contribution in [0.15, 0.2) is 0 Å². The molecule has 0 aromatic heterocycles. The number of halogens is 1. The first kappa shape index (κ1) is 15.6. The van der Waals surface area contributed by atoms with Crippen LogP contribution in [-0.4, -0.2) is 25.1 Å². The van der Waals surface area contributed by atoms with Crippen LogP contribution in [0.2, 0.25) is 0 Å². The SMILES string of the molecule is CC(C)CS(=O)(=O)NCCCCCCI. The van der Waals surface area contributed by atoms with Gasteiger partial charge in [0.2, 0.25) is 10.0 Å². The Hall–Kier alpha value is 0.640. The largest absolute Gasteiger partial charge is 0.215 e. The first-order chi connectivity index (χ1) is 6.98. The lowest BCUT2D eigenvalue weighted by atomic mass is 10.2. The molecule has 0 saturated heterocycles. The third-order valence-electron chi connectivity index (χ3n) is 1.94. The minimum absolute atomic E-state index is 0.196. The molecule has 0 amide bonds. The normalized spacial score (nSPS) is 12.3. The minimum atomic E-state index is -3.03. The zero-order valence-corrected chi connectivity index (χ0v) is 12.6. The van der Waals surface area contributed by atoms with E-state index in [0.29, 0.717) is 6.54 Å². The first-order valence-corrected chi connectivity index (χ1v) is 8.69. The van der Waals surface area contributed by atoms with Crippen molar-refractivity contribution >= 4 is 32.6 Å². The topological polar surface area (TPSA) is 46.2 Å². The Morgan fingerprint density at radius 2 is 1.73 bits per heavy atom. The number of unbranched alkanes of at least 4 members (excludes halogenated alkanes) is 3. The summed E-state index contributed by atoms with van der Waals surface area (Å²) in [5, 5.41) is 0. The first-order valence-electron chi connectivity index (χ1n) is 5.51. The van der Waals surface area contributed by atoms with Crippen molar-refractivity contribution in [3.63, 3.8) is 0 Å². The lowest BCUT2D eigenvalue weighted by Crippen LogP contribution is -2.29. The molecule has 1 N–H and O–H groups in total. The van der Waals surface area contributed by atoms with Crippen molar-refractivity contribution in [1.82, 2.24) is 4.72 Å². The number of hydrogen-bond acceptors (Lipinski definition) is 2. The molecule has 0 heterocycles. The van der Waals surface area contributed by atoms with Gasteiger partial charge in [-0.1, -0.05) is 49.3 Å². The minimum Gasteiger partial charge on any atom is -0.215 e. The maximum Gasteiger partial charge on any atom is 0.211 e. The quantitative estimate of drug-likeness (QED) is 0.396.